The number of benzene rings is 1. The number of halogens is 1. The Morgan fingerprint density at radius 1 is 1.30 bits per heavy atom. The van der Waals surface area contributed by atoms with Crippen molar-refractivity contribution in [3.8, 4) is 5.75 Å². The Balaban J connectivity index is 1.39. The molecule has 1 fully saturated rings. The molecule has 1 aliphatic heterocycles. The first-order chi connectivity index (χ1) is 11.2. The number of aliphatic hydroxyl groups excluding tert-OH is 1. The zero-order valence-corrected chi connectivity index (χ0v) is 13.0. The van der Waals surface area contributed by atoms with Gasteiger partial charge in [0.15, 0.2) is 0 Å². The quantitative estimate of drug-likeness (QED) is 0.857. The van der Waals surface area contributed by atoms with E-state index in [0.29, 0.717) is 18.2 Å². The van der Waals surface area contributed by atoms with Crippen LogP contribution in [-0.2, 0) is 0 Å². The molecule has 0 bridgehead atoms. The summed E-state index contributed by atoms with van der Waals surface area (Å²) in [4.78, 5) is 2.26. The Morgan fingerprint density at radius 3 is 2.70 bits per heavy atom. The highest BCUT2D eigenvalue weighted by Gasteiger charge is 2.22. The predicted octanol–water partition coefficient (Wildman–Crippen LogP) is 2.17. The number of piperidine rings is 1. The van der Waals surface area contributed by atoms with Gasteiger partial charge in [-0.2, -0.15) is 5.10 Å². The molecule has 1 aromatic carbocycles. The Hall–Kier alpha value is -1.92. The lowest BCUT2D eigenvalue weighted by Gasteiger charge is -2.32. The number of hydrogen-bond acceptors (Lipinski definition) is 4. The van der Waals surface area contributed by atoms with Crippen LogP contribution in [0.4, 0.5) is 4.39 Å². The molecule has 1 atom stereocenters. The average molecular weight is 319 g/mol. The van der Waals surface area contributed by atoms with Crippen LogP contribution in [-0.4, -0.2) is 52.5 Å². The van der Waals surface area contributed by atoms with Gasteiger partial charge in [-0.1, -0.05) is 0 Å². The van der Waals surface area contributed by atoms with Gasteiger partial charge < -0.3 is 14.7 Å². The second-order valence-corrected chi connectivity index (χ2v) is 6.03. The van der Waals surface area contributed by atoms with Crippen LogP contribution in [0.15, 0.2) is 36.7 Å². The number of H-pyrrole nitrogens is 1. The number of likely N-dealkylation sites (tertiary alicyclic amines) is 1. The lowest BCUT2D eigenvalue weighted by atomic mass is 9.91. The number of aromatic nitrogens is 2. The van der Waals surface area contributed by atoms with Crippen molar-refractivity contribution in [1.82, 2.24) is 15.1 Å². The van der Waals surface area contributed by atoms with E-state index in [1.54, 1.807) is 12.1 Å². The summed E-state index contributed by atoms with van der Waals surface area (Å²) in [5.41, 5.74) is 1.27. The van der Waals surface area contributed by atoms with Gasteiger partial charge in [-0.25, -0.2) is 4.39 Å². The molecule has 0 unspecified atom stereocenters. The SMILES string of the molecule is O[C@@H](COc1ccc(F)cc1)CN1CCC(c2cn[nH]c2)CC1. The Bertz CT molecular complexity index is 580. The molecule has 0 amide bonds. The van der Waals surface area contributed by atoms with E-state index in [9.17, 15) is 9.50 Å². The lowest BCUT2D eigenvalue weighted by Crippen LogP contribution is -2.40. The second-order valence-electron chi connectivity index (χ2n) is 6.03. The van der Waals surface area contributed by atoms with Crippen molar-refractivity contribution in [1.29, 1.82) is 0 Å². The number of ether oxygens (including phenoxy) is 1. The molecule has 2 N–H and O–H groups in total. The fourth-order valence-electron chi connectivity index (χ4n) is 3.01. The lowest BCUT2D eigenvalue weighted by molar-refractivity contribution is 0.0594. The van der Waals surface area contributed by atoms with Crippen LogP contribution < -0.4 is 4.74 Å². The first-order valence-corrected chi connectivity index (χ1v) is 7.98. The Kier molecular flexibility index (Phi) is 5.25. The van der Waals surface area contributed by atoms with Crippen molar-refractivity contribution in [3.05, 3.63) is 48.0 Å². The molecule has 0 saturated carbocycles. The average Bonchev–Trinajstić information content (AvgIpc) is 3.09. The summed E-state index contributed by atoms with van der Waals surface area (Å²) in [5.74, 6) is 0.833. The number of nitrogens with one attached hydrogen (secondary N) is 1. The molecule has 23 heavy (non-hydrogen) atoms. The van der Waals surface area contributed by atoms with Gasteiger partial charge in [0, 0.05) is 12.7 Å². The number of β-amino-alcohol motifs (C(OH)–C–C–N with tert-alkyl or cyclic N) is 1. The normalized spacial score (nSPS) is 18.0. The van der Waals surface area contributed by atoms with E-state index < -0.39 is 6.10 Å². The van der Waals surface area contributed by atoms with Crippen molar-refractivity contribution < 1.29 is 14.2 Å². The maximum atomic E-state index is 12.8. The highest BCUT2D eigenvalue weighted by molar-refractivity contribution is 5.22. The van der Waals surface area contributed by atoms with E-state index in [0.717, 1.165) is 25.9 Å². The largest absolute Gasteiger partial charge is 0.491 e. The van der Waals surface area contributed by atoms with E-state index >= 15 is 0 Å². The van der Waals surface area contributed by atoms with Crippen LogP contribution in [0, 0.1) is 5.82 Å². The third-order valence-electron chi connectivity index (χ3n) is 4.30. The Morgan fingerprint density at radius 2 is 2.04 bits per heavy atom. The zero-order valence-electron chi connectivity index (χ0n) is 13.0. The van der Waals surface area contributed by atoms with E-state index in [1.807, 2.05) is 12.4 Å². The summed E-state index contributed by atoms with van der Waals surface area (Å²) < 4.78 is 18.3. The van der Waals surface area contributed by atoms with Gasteiger partial charge in [0.2, 0.25) is 0 Å². The maximum Gasteiger partial charge on any atom is 0.123 e. The number of rotatable bonds is 6. The molecule has 5 nitrogen and oxygen atoms in total. The smallest absolute Gasteiger partial charge is 0.123 e. The summed E-state index contributed by atoms with van der Waals surface area (Å²) in [6.07, 6.45) is 5.46. The fourth-order valence-corrected chi connectivity index (χ4v) is 3.01. The molecule has 1 saturated heterocycles. The second kappa shape index (κ2) is 7.57. The van der Waals surface area contributed by atoms with Gasteiger partial charge in [-0.15, -0.1) is 0 Å². The van der Waals surface area contributed by atoms with Crippen molar-refractivity contribution in [2.45, 2.75) is 24.9 Å². The molecular formula is C17H22FN3O2. The van der Waals surface area contributed by atoms with Gasteiger partial charge in [0.1, 0.15) is 24.3 Å². The molecule has 2 heterocycles. The molecular weight excluding hydrogens is 297 g/mol. The first-order valence-electron chi connectivity index (χ1n) is 7.98. The minimum absolute atomic E-state index is 0.216. The molecule has 0 aliphatic carbocycles. The number of aromatic amines is 1. The van der Waals surface area contributed by atoms with Gasteiger partial charge >= 0.3 is 0 Å². The Labute approximate surface area is 135 Å². The fraction of sp³-hybridized carbons (Fsp3) is 0.471. The predicted molar refractivity (Wildman–Crippen MR) is 84.9 cm³/mol. The van der Waals surface area contributed by atoms with Crippen molar-refractivity contribution >= 4 is 0 Å². The van der Waals surface area contributed by atoms with Gasteiger partial charge in [0.25, 0.3) is 0 Å². The van der Waals surface area contributed by atoms with Crippen LogP contribution in [0.2, 0.25) is 0 Å². The first kappa shape index (κ1) is 16.0. The molecule has 1 aliphatic rings. The maximum absolute atomic E-state index is 12.8. The highest BCUT2D eigenvalue weighted by Crippen LogP contribution is 2.27. The van der Waals surface area contributed by atoms with Gasteiger partial charge in [-0.3, -0.25) is 5.10 Å². The molecule has 3 rings (SSSR count). The topological polar surface area (TPSA) is 61.4 Å². The third-order valence-corrected chi connectivity index (χ3v) is 4.30. The third kappa shape index (κ3) is 4.53. The van der Waals surface area contributed by atoms with Crippen LogP contribution in [0.1, 0.15) is 24.3 Å². The molecule has 1 aromatic heterocycles. The van der Waals surface area contributed by atoms with Gasteiger partial charge in [0.05, 0.1) is 6.20 Å². The van der Waals surface area contributed by atoms with Crippen molar-refractivity contribution in [2.75, 3.05) is 26.2 Å². The monoisotopic (exact) mass is 319 g/mol. The minimum Gasteiger partial charge on any atom is -0.491 e. The van der Waals surface area contributed by atoms with E-state index in [4.69, 9.17) is 4.74 Å². The summed E-state index contributed by atoms with van der Waals surface area (Å²) in [6, 6.07) is 5.83. The van der Waals surface area contributed by atoms with Crippen molar-refractivity contribution in [2.24, 2.45) is 0 Å². The number of hydrogen-bond donors (Lipinski definition) is 2. The van der Waals surface area contributed by atoms with E-state index in [-0.39, 0.29) is 12.4 Å². The summed E-state index contributed by atoms with van der Waals surface area (Å²) in [6.45, 7) is 2.74. The molecule has 6 heteroatoms. The van der Waals surface area contributed by atoms with Crippen LogP contribution >= 0.6 is 0 Å². The van der Waals surface area contributed by atoms with Crippen molar-refractivity contribution in [3.63, 3.8) is 0 Å². The number of nitrogens with zero attached hydrogens (tertiary/aromatic N) is 2. The van der Waals surface area contributed by atoms with Crippen LogP contribution in [0.3, 0.4) is 0 Å². The molecule has 124 valence electrons. The number of aliphatic hydroxyl groups is 1. The standard InChI is InChI=1S/C17H22FN3O2/c18-15-1-3-17(4-2-15)23-12-16(22)11-21-7-5-13(6-8-21)14-9-19-20-10-14/h1-4,9-10,13,16,22H,5-8,11-12H2,(H,19,20)/t16-/m1/s1. The van der Waals surface area contributed by atoms with Crippen LogP contribution in [0.25, 0.3) is 0 Å². The van der Waals surface area contributed by atoms with Crippen LogP contribution in [0.5, 0.6) is 5.75 Å². The summed E-state index contributed by atoms with van der Waals surface area (Å²) in [7, 11) is 0. The minimum atomic E-state index is -0.550. The van der Waals surface area contributed by atoms with E-state index in [1.165, 1.54) is 17.7 Å². The zero-order chi connectivity index (χ0) is 16.1. The molecule has 0 radical (unpaired) electrons. The molecule has 0 spiro atoms. The highest BCUT2D eigenvalue weighted by atomic mass is 19.1. The summed E-state index contributed by atoms with van der Waals surface area (Å²) in [5, 5.41) is 17.0. The van der Waals surface area contributed by atoms with E-state index in [2.05, 4.69) is 15.1 Å². The molecule has 2 aromatic rings. The van der Waals surface area contributed by atoms with Gasteiger partial charge in [-0.05, 0) is 61.7 Å². The summed E-state index contributed by atoms with van der Waals surface area (Å²) >= 11 is 0.